The molecule has 7 atom stereocenters. The Kier molecular flexibility index (Phi) is 7.66. The molecule has 3 rings (SSSR count). The van der Waals surface area contributed by atoms with Gasteiger partial charge in [-0.3, -0.25) is 4.79 Å². The van der Waals surface area contributed by atoms with Gasteiger partial charge in [-0.05, 0) is 88.6 Å². The molecule has 30 heavy (non-hydrogen) atoms. The molecular weight excluding hydrogens is 376 g/mol. The first-order valence-electron chi connectivity index (χ1n) is 12.2. The van der Waals surface area contributed by atoms with Gasteiger partial charge < -0.3 is 14.8 Å². The predicted molar refractivity (Wildman–Crippen MR) is 121 cm³/mol. The van der Waals surface area contributed by atoms with Gasteiger partial charge in [-0.1, -0.05) is 32.3 Å². The molecule has 3 aliphatic carbocycles. The van der Waals surface area contributed by atoms with Gasteiger partial charge in [0, 0.05) is 24.1 Å². The van der Waals surface area contributed by atoms with E-state index in [0.717, 1.165) is 64.3 Å². The third-order valence-electron chi connectivity index (χ3n) is 9.10. The quantitative estimate of drug-likeness (QED) is 0.356. The van der Waals surface area contributed by atoms with Crippen LogP contribution in [0.15, 0.2) is 5.16 Å². The van der Waals surface area contributed by atoms with Crippen LogP contribution in [0, 0.1) is 34.5 Å². The van der Waals surface area contributed by atoms with E-state index in [2.05, 4.69) is 30.8 Å². The SMILES string of the molecule is CC[C@H](C/C=N\OCCN(C)C)[C@@]1(C)CC[C@H]2[C@@H](CC[C@@H]3C[C@@H](O)CC[C@@]32C)C1=O. The molecule has 0 bridgehead atoms. The molecule has 1 N–H and O–H groups in total. The molecule has 172 valence electrons. The van der Waals surface area contributed by atoms with E-state index in [1.54, 1.807) is 0 Å². The molecule has 0 amide bonds. The zero-order chi connectivity index (χ0) is 21.9. The van der Waals surface area contributed by atoms with Crippen molar-refractivity contribution in [1.82, 2.24) is 4.90 Å². The Morgan fingerprint density at radius 1 is 1.23 bits per heavy atom. The van der Waals surface area contributed by atoms with E-state index in [4.69, 9.17) is 4.84 Å². The highest BCUT2D eigenvalue weighted by atomic mass is 16.6. The van der Waals surface area contributed by atoms with Crippen LogP contribution < -0.4 is 0 Å². The molecular formula is C25H44N2O3. The van der Waals surface area contributed by atoms with Crippen molar-refractivity contribution in [1.29, 1.82) is 0 Å². The summed E-state index contributed by atoms with van der Waals surface area (Å²) in [6.07, 6.45) is 10.8. The highest BCUT2D eigenvalue weighted by Crippen LogP contribution is 2.61. The van der Waals surface area contributed by atoms with E-state index in [9.17, 15) is 9.90 Å². The number of oxime groups is 1. The van der Waals surface area contributed by atoms with Crippen molar-refractivity contribution >= 4 is 12.0 Å². The number of Topliss-reactive ketones (excluding diaryl/α,β-unsaturated/α-hetero) is 1. The lowest BCUT2D eigenvalue weighted by Gasteiger charge is -2.58. The van der Waals surface area contributed by atoms with Crippen molar-refractivity contribution in [3.63, 3.8) is 0 Å². The first-order valence-corrected chi connectivity index (χ1v) is 12.2. The molecule has 3 aliphatic rings. The highest BCUT2D eigenvalue weighted by molar-refractivity contribution is 5.88. The van der Waals surface area contributed by atoms with Crippen LogP contribution in [0.5, 0.6) is 0 Å². The smallest absolute Gasteiger partial charge is 0.142 e. The Bertz CT molecular complexity index is 622. The van der Waals surface area contributed by atoms with Gasteiger partial charge in [0.15, 0.2) is 0 Å². The first-order chi connectivity index (χ1) is 14.2. The van der Waals surface area contributed by atoms with E-state index in [0.29, 0.717) is 30.1 Å². The molecule has 0 saturated heterocycles. The molecule has 0 aromatic carbocycles. The maximum atomic E-state index is 13.8. The molecule has 5 heteroatoms. The number of aliphatic hydroxyl groups excluding tert-OH is 1. The molecule has 3 saturated carbocycles. The molecule has 0 unspecified atom stereocenters. The maximum Gasteiger partial charge on any atom is 0.142 e. The summed E-state index contributed by atoms with van der Waals surface area (Å²) < 4.78 is 0. The van der Waals surface area contributed by atoms with Crippen LogP contribution in [0.1, 0.15) is 78.6 Å². The van der Waals surface area contributed by atoms with Gasteiger partial charge in [0.2, 0.25) is 0 Å². The number of likely N-dealkylation sites (N-methyl/N-ethyl adjacent to an activating group) is 1. The van der Waals surface area contributed by atoms with Gasteiger partial charge in [0.05, 0.1) is 6.10 Å². The van der Waals surface area contributed by atoms with Crippen molar-refractivity contribution in [3.05, 3.63) is 0 Å². The third-order valence-corrected chi connectivity index (χ3v) is 9.10. The number of fused-ring (bicyclic) bond motifs is 3. The van der Waals surface area contributed by atoms with Crippen molar-refractivity contribution in [3.8, 4) is 0 Å². The standard InChI is InChI=1S/C25H44N2O3/c1-6-18(11-14-26-30-16-15-27(4)5)25(3)13-10-22-21(23(25)29)8-7-19-17-20(28)9-12-24(19,22)2/h14,18-22,28H,6-13,15-17H2,1-5H3/b26-14-/t18-,19-,20+,21-,22+,24+,25-/m1/s1. The second-order valence-electron chi connectivity index (χ2n) is 11.0. The molecule has 0 radical (unpaired) electrons. The largest absolute Gasteiger partial charge is 0.395 e. The number of carbonyl (C=O) groups is 1. The Balaban J connectivity index is 1.64. The van der Waals surface area contributed by atoms with Crippen LogP contribution in [0.3, 0.4) is 0 Å². The van der Waals surface area contributed by atoms with Crippen molar-refractivity contribution in [2.24, 2.45) is 39.7 Å². The van der Waals surface area contributed by atoms with E-state index >= 15 is 0 Å². The van der Waals surface area contributed by atoms with Gasteiger partial charge >= 0.3 is 0 Å². The molecule has 0 aliphatic heterocycles. The average Bonchev–Trinajstić information content (AvgIpc) is 2.70. The van der Waals surface area contributed by atoms with E-state index < -0.39 is 0 Å². The lowest BCUT2D eigenvalue weighted by atomic mass is 9.46. The molecule has 3 fully saturated rings. The summed E-state index contributed by atoms with van der Waals surface area (Å²) in [6, 6.07) is 0. The minimum Gasteiger partial charge on any atom is -0.395 e. The summed E-state index contributed by atoms with van der Waals surface area (Å²) >= 11 is 0. The molecule has 0 aromatic rings. The number of hydrogen-bond acceptors (Lipinski definition) is 5. The lowest BCUT2D eigenvalue weighted by Crippen LogP contribution is -2.56. The number of carbonyl (C=O) groups excluding carboxylic acids is 1. The summed E-state index contributed by atoms with van der Waals surface area (Å²) in [4.78, 5) is 21.3. The normalized spacial score (nSPS) is 40.3. The number of rotatable bonds is 8. The number of hydrogen-bond donors (Lipinski definition) is 1. The van der Waals surface area contributed by atoms with Crippen LogP contribution in [0.25, 0.3) is 0 Å². The summed E-state index contributed by atoms with van der Waals surface area (Å²) in [6.45, 7) is 8.29. The zero-order valence-electron chi connectivity index (χ0n) is 19.9. The Labute approximate surface area is 183 Å². The van der Waals surface area contributed by atoms with Gasteiger partial charge in [-0.25, -0.2) is 0 Å². The van der Waals surface area contributed by atoms with Gasteiger partial charge in [0.1, 0.15) is 12.4 Å². The van der Waals surface area contributed by atoms with Crippen LogP contribution >= 0.6 is 0 Å². The topological polar surface area (TPSA) is 62.1 Å². The minimum atomic E-state index is -0.247. The van der Waals surface area contributed by atoms with Crippen LogP contribution in [-0.4, -0.2) is 55.4 Å². The second-order valence-corrected chi connectivity index (χ2v) is 11.0. The first kappa shape index (κ1) is 23.7. The van der Waals surface area contributed by atoms with E-state index in [-0.39, 0.29) is 22.9 Å². The predicted octanol–water partition coefficient (Wildman–Crippen LogP) is 4.53. The van der Waals surface area contributed by atoms with Crippen LogP contribution in [0.4, 0.5) is 0 Å². The minimum absolute atomic E-state index is 0.132. The van der Waals surface area contributed by atoms with Crippen LogP contribution in [-0.2, 0) is 9.63 Å². The molecule has 5 nitrogen and oxygen atoms in total. The monoisotopic (exact) mass is 420 g/mol. The van der Waals surface area contributed by atoms with Crippen LogP contribution in [0.2, 0.25) is 0 Å². The summed E-state index contributed by atoms with van der Waals surface area (Å²) in [5.41, 5.74) is -0.00840. The Morgan fingerprint density at radius 3 is 2.70 bits per heavy atom. The summed E-state index contributed by atoms with van der Waals surface area (Å²) in [7, 11) is 4.04. The Morgan fingerprint density at radius 2 is 2.00 bits per heavy atom. The van der Waals surface area contributed by atoms with Gasteiger partial charge in [0.25, 0.3) is 0 Å². The van der Waals surface area contributed by atoms with Crippen molar-refractivity contribution < 1.29 is 14.7 Å². The maximum absolute atomic E-state index is 13.8. The number of aliphatic hydroxyl groups is 1. The average molecular weight is 421 g/mol. The second kappa shape index (κ2) is 9.68. The molecule has 0 heterocycles. The zero-order valence-corrected chi connectivity index (χ0v) is 19.9. The lowest BCUT2D eigenvalue weighted by molar-refractivity contribution is -0.157. The number of nitrogens with zero attached hydrogens (tertiary/aromatic N) is 2. The number of ketones is 1. The highest BCUT2D eigenvalue weighted by Gasteiger charge is 2.57. The van der Waals surface area contributed by atoms with E-state index in [1.807, 2.05) is 20.3 Å². The summed E-state index contributed by atoms with van der Waals surface area (Å²) in [5.74, 6) is 2.14. The fraction of sp³-hybridized carbons (Fsp3) is 0.920. The Hall–Kier alpha value is -0.940. The fourth-order valence-electron chi connectivity index (χ4n) is 7.00. The third kappa shape index (κ3) is 4.62. The van der Waals surface area contributed by atoms with Crippen molar-refractivity contribution in [2.45, 2.75) is 84.7 Å². The fourth-order valence-corrected chi connectivity index (χ4v) is 7.00. The van der Waals surface area contributed by atoms with Crippen molar-refractivity contribution in [2.75, 3.05) is 27.2 Å². The molecule has 0 spiro atoms. The van der Waals surface area contributed by atoms with E-state index in [1.165, 1.54) is 0 Å². The summed E-state index contributed by atoms with van der Waals surface area (Å²) in [5, 5.41) is 14.3. The molecule has 0 aromatic heterocycles. The van der Waals surface area contributed by atoms with Gasteiger partial charge in [-0.2, -0.15) is 0 Å². The van der Waals surface area contributed by atoms with Gasteiger partial charge in [-0.15, -0.1) is 0 Å².